The van der Waals surface area contributed by atoms with E-state index in [2.05, 4.69) is 18.7 Å². The molecule has 0 unspecified atom stereocenters. The Balaban J connectivity index is 2.09. The molecule has 2 rings (SSSR count). The molecule has 0 bridgehead atoms. The van der Waals surface area contributed by atoms with Crippen molar-refractivity contribution in [3.8, 4) is 0 Å². The monoisotopic (exact) mass is 285 g/mol. The highest BCUT2D eigenvalue weighted by Gasteiger charge is 2.36. The first kappa shape index (κ1) is 14.8. The number of aliphatic hydroxyl groups is 1. The molecule has 1 heterocycles. The van der Waals surface area contributed by atoms with E-state index in [1.54, 1.807) is 12.1 Å². The van der Waals surface area contributed by atoms with Gasteiger partial charge in [0.25, 0.3) is 0 Å². The first-order valence-corrected chi connectivity index (χ1v) is 7.19. The topological polar surface area (TPSA) is 23.5 Å². The molecule has 106 valence electrons. The summed E-state index contributed by atoms with van der Waals surface area (Å²) in [6.45, 7) is 6.99. The van der Waals surface area contributed by atoms with E-state index in [-0.39, 0.29) is 0 Å². The van der Waals surface area contributed by atoms with Gasteiger partial charge in [-0.2, -0.15) is 0 Å². The zero-order chi connectivity index (χ0) is 14.0. The Kier molecular flexibility index (Phi) is 4.49. The van der Waals surface area contributed by atoms with Gasteiger partial charge in [0.05, 0.1) is 5.60 Å². The summed E-state index contributed by atoms with van der Waals surface area (Å²) in [5.41, 5.74) is -0.677. The minimum absolute atomic E-state index is 0.363. The standard InChI is InChI=1S/C15H21ClFNO/c1-11(2)10-18-7-5-15(19,6-8-18)13-4-3-12(16)9-14(13)17/h3-4,9,11,19H,5-8,10H2,1-2H3. The Morgan fingerprint density at radius 2 is 2.00 bits per heavy atom. The third kappa shape index (κ3) is 3.47. The van der Waals surface area contributed by atoms with Crippen LogP contribution in [-0.2, 0) is 5.60 Å². The summed E-state index contributed by atoms with van der Waals surface area (Å²) < 4.78 is 13.9. The molecule has 4 heteroatoms. The zero-order valence-corrected chi connectivity index (χ0v) is 12.3. The number of piperidine rings is 1. The van der Waals surface area contributed by atoms with Crippen LogP contribution in [0.4, 0.5) is 4.39 Å². The molecule has 0 amide bonds. The number of hydrogen-bond donors (Lipinski definition) is 1. The SMILES string of the molecule is CC(C)CN1CCC(O)(c2ccc(Cl)cc2F)CC1. The average Bonchev–Trinajstić information content (AvgIpc) is 2.31. The van der Waals surface area contributed by atoms with Gasteiger partial charge in [-0.1, -0.05) is 31.5 Å². The average molecular weight is 286 g/mol. The molecule has 0 atom stereocenters. The number of nitrogens with zero attached hydrogens (tertiary/aromatic N) is 1. The van der Waals surface area contributed by atoms with Gasteiger partial charge >= 0.3 is 0 Å². The van der Waals surface area contributed by atoms with Crippen LogP contribution in [0.2, 0.25) is 5.02 Å². The van der Waals surface area contributed by atoms with E-state index in [0.717, 1.165) is 19.6 Å². The minimum atomic E-state index is -1.05. The molecule has 1 aromatic carbocycles. The molecular formula is C15H21ClFNO. The van der Waals surface area contributed by atoms with E-state index >= 15 is 0 Å². The summed E-state index contributed by atoms with van der Waals surface area (Å²) in [7, 11) is 0. The van der Waals surface area contributed by atoms with Crippen molar-refractivity contribution in [2.24, 2.45) is 5.92 Å². The number of benzene rings is 1. The lowest BCUT2D eigenvalue weighted by atomic mass is 9.84. The zero-order valence-electron chi connectivity index (χ0n) is 11.5. The van der Waals surface area contributed by atoms with Crippen molar-refractivity contribution in [2.45, 2.75) is 32.3 Å². The van der Waals surface area contributed by atoms with Crippen molar-refractivity contribution in [1.82, 2.24) is 4.90 Å². The molecule has 2 nitrogen and oxygen atoms in total. The van der Waals surface area contributed by atoms with E-state index < -0.39 is 11.4 Å². The molecule has 0 saturated carbocycles. The molecule has 0 aliphatic carbocycles. The summed E-state index contributed by atoms with van der Waals surface area (Å²) in [6, 6.07) is 4.52. The van der Waals surface area contributed by atoms with E-state index in [4.69, 9.17) is 11.6 Å². The van der Waals surface area contributed by atoms with Crippen molar-refractivity contribution in [2.75, 3.05) is 19.6 Å². The highest BCUT2D eigenvalue weighted by Crippen LogP contribution is 2.35. The van der Waals surface area contributed by atoms with E-state index in [1.165, 1.54) is 6.07 Å². The first-order chi connectivity index (χ1) is 8.90. The molecule has 1 aromatic rings. The second-order valence-electron chi connectivity index (χ2n) is 5.85. The Morgan fingerprint density at radius 1 is 1.37 bits per heavy atom. The molecule has 1 aliphatic heterocycles. The molecule has 1 N–H and O–H groups in total. The number of halogens is 2. The third-order valence-corrected chi connectivity index (χ3v) is 3.97. The van der Waals surface area contributed by atoms with Crippen molar-refractivity contribution < 1.29 is 9.50 Å². The summed E-state index contributed by atoms with van der Waals surface area (Å²) >= 11 is 5.75. The van der Waals surface area contributed by atoms with Gasteiger partial charge in [0, 0.05) is 30.2 Å². The van der Waals surface area contributed by atoms with Crippen molar-refractivity contribution in [1.29, 1.82) is 0 Å². The molecule has 1 aliphatic rings. The summed E-state index contributed by atoms with van der Waals surface area (Å²) in [4.78, 5) is 2.33. The summed E-state index contributed by atoms with van der Waals surface area (Å²) in [5, 5.41) is 11.0. The van der Waals surface area contributed by atoms with E-state index in [1.807, 2.05) is 0 Å². The molecule has 0 radical (unpaired) electrons. The lowest BCUT2D eigenvalue weighted by molar-refractivity contribution is -0.0304. The van der Waals surface area contributed by atoms with Crippen LogP contribution in [0.5, 0.6) is 0 Å². The van der Waals surface area contributed by atoms with Crippen LogP contribution in [0.1, 0.15) is 32.3 Å². The van der Waals surface area contributed by atoms with Gasteiger partial charge < -0.3 is 10.0 Å². The van der Waals surface area contributed by atoms with Gasteiger partial charge in [-0.05, 0) is 30.9 Å². The lowest BCUT2D eigenvalue weighted by Crippen LogP contribution is -2.44. The molecular weight excluding hydrogens is 265 g/mol. The highest BCUT2D eigenvalue weighted by atomic mass is 35.5. The third-order valence-electron chi connectivity index (χ3n) is 3.74. The van der Waals surface area contributed by atoms with Crippen LogP contribution in [0.3, 0.4) is 0 Å². The Morgan fingerprint density at radius 3 is 2.53 bits per heavy atom. The lowest BCUT2D eigenvalue weighted by Gasteiger charge is -2.39. The molecule has 0 aromatic heterocycles. The number of rotatable bonds is 3. The minimum Gasteiger partial charge on any atom is -0.385 e. The largest absolute Gasteiger partial charge is 0.385 e. The number of likely N-dealkylation sites (tertiary alicyclic amines) is 1. The van der Waals surface area contributed by atoms with Crippen LogP contribution in [-0.4, -0.2) is 29.6 Å². The van der Waals surface area contributed by atoms with Crippen LogP contribution >= 0.6 is 11.6 Å². The quantitative estimate of drug-likeness (QED) is 0.920. The summed E-state index contributed by atoms with van der Waals surface area (Å²) in [5.74, 6) is 0.200. The molecule has 0 spiro atoms. The maximum atomic E-state index is 13.9. The van der Waals surface area contributed by atoms with Crippen molar-refractivity contribution in [3.05, 3.63) is 34.6 Å². The fourth-order valence-electron chi connectivity index (χ4n) is 2.76. The van der Waals surface area contributed by atoms with E-state index in [0.29, 0.717) is 29.3 Å². The fourth-order valence-corrected chi connectivity index (χ4v) is 2.92. The maximum absolute atomic E-state index is 13.9. The van der Waals surface area contributed by atoms with Crippen LogP contribution in [0, 0.1) is 11.7 Å². The Bertz CT molecular complexity index is 442. The highest BCUT2D eigenvalue weighted by molar-refractivity contribution is 6.30. The molecule has 19 heavy (non-hydrogen) atoms. The van der Waals surface area contributed by atoms with E-state index in [9.17, 15) is 9.50 Å². The first-order valence-electron chi connectivity index (χ1n) is 6.81. The summed E-state index contributed by atoms with van der Waals surface area (Å²) in [6.07, 6.45) is 1.14. The van der Waals surface area contributed by atoms with Crippen LogP contribution in [0.15, 0.2) is 18.2 Å². The van der Waals surface area contributed by atoms with Gasteiger partial charge in [-0.15, -0.1) is 0 Å². The van der Waals surface area contributed by atoms with Gasteiger partial charge in [0.15, 0.2) is 0 Å². The smallest absolute Gasteiger partial charge is 0.130 e. The fraction of sp³-hybridized carbons (Fsp3) is 0.600. The second kappa shape index (κ2) is 5.78. The predicted octanol–water partition coefficient (Wildman–Crippen LogP) is 3.42. The Labute approximate surface area is 119 Å². The van der Waals surface area contributed by atoms with Crippen molar-refractivity contribution >= 4 is 11.6 Å². The van der Waals surface area contributed by atoms with Crippen LogP contribution < -0.4 is 0 Å². The molecule has 1 saturated heterocycles. The maximum Gasteiger partial charge on any atom is 0.130 e. The van der Waals surface area contributed by atoms with Gasteiger partial charge in [0.2, 0.25) is 0 Å². The van der Waals surface area contributed by atoms with Crippen molar-refractivity contribution in [3.63, 3.8) is 0 Å². The normalized spacial score (nSPS) is 19.9. The molecule has 1 fully saturated rings. The number of hydrogen-bond acceptors (Lipinski definition) is 2. The van der Waals surface area contributed by atoms with Gasteiger partial charge in [0.1, 0.15) is 5.82 Å². The second-order valence-corrected chi connectivity index (χ2v) is 6.29. The van der Waals surface area contributed by atoms with Gasteiger partial charge in [-0.3, -0.25) is 0 Å². The van der Waals surface area contributed by atoms with Crippen LogP contribution in [0.25, 0.3) is 0 Å². The van der Waals surface area contributed by atoms with Gasteiger partial charge in [-0.25, -0.2) is 4.39 Å². The Hall–Kier alpha value is -0.640. The predicted molar refractivity (Wildman–Crippen MR) is 75.8 cm³/mol.